The van der Waals surface area contributed by atoms with Gasteiger partial charge in [-0.3, -0.25) is 4.79 Å². The van der Waals surface area contributed by atoms with E-state index in [9.17, 15) is 4.79 Å². The van der Waals surface area contributed by atoms with Crippen molar-refractivity contribution in [2.45, 2.75) is 31.8 Å². The van der Waals surface area contributed by atoms with Crippen LogP contribution in [0.5, 0.6) is 0 Å². The highest BCUT2D eigenvalue weighted by Crippen LogP contribution is 2.20. The number of ether oxygens (including phenoxy) is 1. The van der Waals surface area contributed by atoms with Crippen molar-refractivity contribution in [2.24, 2.45) is 0 Å². The molecule has 0 bridgehead atoms. The number of rotatable bonds is 3. The second kappa shape index (κ2) is 6.57. The highest BCUT2D eigenvalue weighted by molar-refractivity contribution is 5.70. The first-order valence-electron chi connectivity index (χ1n) is 6.82. The second-order valence-electron chi connectivity index (χ2n) is 5.06. The molecule has 4 heteroatoms. The molecule has 0 saturated carbocycles. The first-order valence-corrected chi connectivity index (χ1v) is 6.82. The molecule has 1 saturated heterocycles. The molecule has 4 nitrogen and oxygen atoms in total. The minimum Gasteiger partial charge on any atom is -0.469 e. The molecule has 0 aromatic heterocycles. The zero-order valence-electron chi connectivity index (χ0n) is 11.6. The van der Waals surface area contributed by atoms with Crippen molar-refractivity contribution in [3.63, 3.8) is 0 Å². The van der Waals surface area contributed by atoms with Crippen LogP contribution < -0.4 is 10.2 Å². The van der Waals surface area contributed by atoms with Crippen LogP contribution in [0.2, 0.25) is 0 Å². The molecule has 1 N–H and O–H groups in total. The number of hydrogen-bond donors (Lipinski definition) is 1. The molecule has 2 rings (SSSR count). The number of carbonyl (C=O) groups excluding carboxylic acids is 1. The standard InChI is InChI=1S/C15H22N2O2/c1-12-8-9-16-13(10-15(18)19-2)11-17(12)14-6-4-3-5-7-14/h3-7,12-13,16H,8-11H2,1-2H3. The zero-order chi connectivity index (χ0) is 13.7. The lowest BCUT2D eigenvalue weighted by Crippen LogP contribution is -2.41. The third kappa shape index (κ3) is 3.70. The van der Waals surface area contributed by atoms with Gasteiger partial charge < -0.3 is 15.0 Å². The molecule has 0 amide bonds. The van der Waals surface area contributed by atoms with Crippen molar-refractivity contribution in [2.75, 3.05) is 25.1 Å². The molecule has 1 aromatic carbocycles. The Morgan fingerprint density at radius 2 is 2.16 bits per heavy atom. The normalized spacial score (nSPS) is 23.8. The summed E-state index contributed by atoms with van der Waals surface area (Å²) in [5.41, 5.74) is 1.22. The maximum absolute atomic E-state index is 11.4. The molecule has 0 spiro atoms. The number of methoxy groups -OCH3 is 1. The lowest BCUT2D eigenvalue weighted by atomic mass is 10.1. The summed E-state index contributed by atoms with van der Waals surface area (Å²) in [4.78, 5) is 13.8. The molecule has 1 aliphatic heterocycles. The molecule has 0 radical (unpaired) electrons. The third-order valence-corrected chi connectivity index (χ3v) is 3.67. The average Bonchev–Trinajstić information content (AvgIpc) is 2.62. The molecule has 1 aromatic rings. The summed E-state index contributed by atoms with van der Waals surface area (Å²) >= 11 is 0. The van der Waals surface area contributed by atoms with E-state index in [0.29, 0.717) is 12.5 Å². The number of hydrogen-bond acceptors (Lipinski definition) is 4. The Morgan fingerprint density at radius 3 is 2.84 bits per heavy atom. The van der Waals surface area contributed by atoms with Crippen LogP contribution in [0.4, 0.5) is 5.69 Å². The number of para-hydroxylation sites is 1. The maximum atomic E-state index is 11.4. The summed E-state index contributed by atoms with van der Waals surface area (Å²) in [6.07, 6.45) is 1.50. The fourth-order valence-electron chi connectivity index (χ4n) is 2.53. The Kier molecular flexibility index (Phi) is 4.80. The van der Waals surface area contributed by atoms with Crippen molar-refractivity contribution in [3.8, 4) is 0 Å². The van der Waals surface area contributed by atoms with Crippen LogP contribution in [0.1, 0.15) is 19.8 Å². The van der Waals surface area contributed by atoms with Crippen molar-refractivity contribution in [1.29, 1.82) is 0 Å². The van der Waals surface area contributed by atoms with Gasteiger partial charge in [0.1, 0.15) is 0 Å². The van der Waals surface area contributed by atoms with Gasteiger partial charge in [-0.1, -0.05) is 18.2 Å². The van der Waals surface area contributed by atoms with Gasteiger partial charge in [-0.2, -0.15) is 0 Å². The topological polar surface area (TPSA) is 41.6 Å². The highest BCUT2D eigenvalue weighted by Gasteiger charge is 2.24. The molecule has 19 heavy (non-hydrogen) atoms. The van der Waals surface area contributed by atoms with Crippen LogP contribution >= 0.6 is 0 Å². The van der Waals surface area contributed by atoms with E-state index in [1.165, 1.54) is 12.8 Å². The van der Waals surface area contributed by atoms with Gasteiger partial charge in [0.05, 0.1) is 13.5 Å². The number of benzene rings is 1. The van der Waals surface area contributed by atoms with E-state index >= 15 is 0 Å². The summed E-state index contributed by atoms with van der Waals surface area (Å²) in [7, 11) is 1.44. The molecule has 2 atom stereocenters. The number of anilines is 1. The van der Waals surface area contributed by atoms with Gasteiger partial charge in [-0.05, 0) is 32.0 Å². The van der Waals surface area contributed by atoms with Gasteiger partial charge in [0.15, 0.2) is 0 Å². The number of nitrogens with zero attached hydrogens (tertiary/aromatic N) is 1. The zero-order valence-corrected chi connectivity index (χ0v) is 11.6. The Morgan fingerprint density at radius 1 is 1.42 bits per heavy atom. The van der Waals surface area contributed by atoms with Gasteiger partial charge in [0.2, 0.25) is 0 Å². The van der Waals surface area contributed by atoms with E-state index in [4.69, 9.17) is 4.74 Å². The van der Waals surface area contributed by atoms with Crippen LogP contribution in [0.15, 0.2) is 30.3 Å². The van der Waals surface area contributed by atoms with Crippen molar-refractivity contribution >= 4 is 11.7 Å². The fourth-order valence-corrected chi connectivity index (χ4v) is 2.53. The minimum atomic E-state index is -0.153. The first-order chi connectivity index (χ1) is 9.20. The monoisotopic (exact) mass is 262 g/mol. The molecule has 2 unspecified atom stereocenters. The lowest BCUT2D eigenvalue weighted by molar-refractivity contribution is -0.141. The number of carbonyl (C=O) groups is 1. The molecule has 104 valence electrons. The average molecular weight is 262 g/mol. The van der Waals surface area contributed by atoms with Gasteiger partial charge in [0.25, 0.3) is 0 Å². The van der Waals surface area contributed by atoms with E-state index in [1.54, 1.807) is 0 Å². The first kappa shape index (κ1) is 13.9. The lowest BCUT2D eigenvalue weighted by Gasteiger charge is -2.31. The highest BCUT2D eigenvalue weighted by atomic mass is 16.5. The second-order valence-corrected chi connectivity index (χ2v) is 5.06. The SMILES string of the molecule is COC(=O)CC1CN(c2ccccc2)C(C)CCN1. The van der Waals surface area contributed by atoms with Crippen LogP contribution in [-0.2, 0) is 9.53 Å². The summed E-state index contributed by atoms with van der Waals surface area (Å²) in [6, 6.07) is 11.0. The Labute approximate surface area is 114 Å². The van der Waals surface area contributed by atoms with Crippen molar-refractivity contribution < 1.29 is 9.53 Å². The minimum absolute atomic E-state index is 0.151. The Balaban J connectivity index is 2.09. The summed E-state index contributed by atoms with van der Waals surface area (Å²) in [5, 5.41) is 3.43. The summed E-state index contributed by atoms with van der Waals surface area (Å²) in [6.45, 7) is 4.00. The van der Waals surface area contributed by atoms with Gasteiger partial charge in [0, 0.05) is 24.3 Å². The van der Waals surface area contributed by atoms with E-state index in [2.05, 4.69) is 41.4 Å². The number of nitrogens with one attached hydrogen (secondary N) is 1. The van der Waals surface area contributed by atoms with Crippen LogP contribution in [-0.4, -0.2) is 38.3 Å². The predicted octanol–water partition coefficient (Wildman–Crippen LogP) is 1.81. The van der Waals surface area contributed by atoms with Gasteiger partial charge >= 0.3 is 5.97 Å². The van der Waals surface area contributed by atoms with E-state index < -0.39 is 0 Å². The Hall–Kier alpha value is -1.55. The molecule has 1 fully saturated rings. The van der Waals surface area contributed by atoms with E-state index in [-0.39, 0.29) is 12.0 Å². The van der Waals surface area contributed by atoms with E-state index in [0.717, 1.165) is 19.5 Å². The number of esters is 1. The molecule has 0 aliphatic carbocycles. The van der Waals surface area contributed by atoms with Crippen molar-refractivity contribution in [3.05, 3.63) is 30.3 Å². The third-order valence-electron chi connectivity index (χ3n) is 3.67. The summed E-state index contributed by atoms with van der Waals surface area (Å²) in [5.74, 6) is -0.153. The quantitative estimate of drug-likeness (QED) is 0.844. The predicted molar refractivity (Wildman–Crippen MR) is 76.3 cm³/mol. The van der Waals surface area contributed by atoms with Crippen LogP contribution in [0.25, 0.3) is 0 Å². The molecule has 1 heterocycles. The molecular formula is C15H22N2O2. The van der Waals surface area contributed by atoms with Crippen LogP contribution in [0, 0.1) is 0 Å². The Bertz CT molecular complexity index is 408. The van der Waals surface area contributed by atoms with E-state index in [1.807, 2.05) is 6.07 Å². The molecule has 1 aliphatic rings. The van der Waals surface area contributed by atoms with Gasteiger partial charge in [-0.15, -0.1) is 0 Å². The smallest absolute Gasteiger partial charge is 0.307 e. The molecular weight excluding hydrogens is 240 g/mol. The maximum Gasteiger partial charge on any atom is 0.307 e. The largest absolute Gasteiger partial charge is 0.469 e. The van der Waals surface area contributed by atoms with Crippen molar-refractivity contribution in [1.82, 2.24) is 5.32 Å². The van der Waals surface area contributed by atoms with Crippen LogP contribution in [0.3, 0.4) is 0 Å². The fraction of sp³-hybridized carbons (Fsp3) is 0.533. The van der Waals surface area contributed by atoms with Gasteiger partial charge in [-0.25, -0.2) is 0 Å². The summed E-state index contributed by atoms with van der Waals surface area (Å²) < 4.78 is 4.76.